The van der Waals surface area contributed by atoms with E-state index in [2.05, 4.69) is 19.2 Å². The smallest absolute Gasteiger partial charge is 0.220 e. The molecule has 0 saturated carbocycles. The minimum atomic E-state index is -1.79. The Morgan fingerprint density at radius 1 is 0.438 bits per heavy atom. The van der Waals surface area contributed by atoms with Crippen LogP contribution in [0.15, 0.2) is 12.2 Å². The summed E-state index contributed by atoms with van der Waals surface area (Å²) in [5.41, 5.74) is 0. The lowest BCUT2D eigenvalue weighted by molar-refractivity contribution is -0.359. The van der Waals surface area contributed by atoms with E-state index >= 15 is 0 Å². The molecule has 14 heteroatoms. The summed E-state index contributed by atoms with van der Waals surface area (Å²) in [5, 5.41) is 87.4. The highest BCUT2D eigenvalue weighted by atomic mass is 16.7. The van der Waals surface area contributed by atoms with Gasteiger partial charge in [-0.2, -0.15) is 0 Å². The Morgan fingerprint density at radius 2 is 0.775 bits per heavy atom. The van der Waals surface area contributed by atoms with Crippen molar-refractivity contribution in [3.05, 3.63) is 12.2 Å². The largest absolute Gasteiger partial charge is 0.394 e. The van der Waals surface area contributed by atoms with Gasteiger partial charge in [-0.15, -0.1) is 0 Å². The molecule has 2 aliphatic rings. The highest BCUT2D eigenvalue weighted by Gasteiger charge is 2.51. The topological polar surface area (TPSA) is 228 Å². The SMILES string of the molecule is CCCCCCCCCCCCCCCCCCCCC/C=C/C(O)C(COC1OC(CO)C(OC2OC(CO)C(O)C(O)C2O)C(O)C1O)NC(=O)CCCCCCCCCCCCCCCCCCCCCCCCCCC. The van der Waals surface area contributed by atoms with Crippen LogP contribution in [0.2, 0.25) is 0 Å². The highest BCUT2D eigenvalue weighted by Crippen LogP contribution is 2.30. The lowest BCUT2D eigenvalue weighted by Gasteiger charge is -2.46. The minimum Gasteiger partial charge on any atom is -0.394 e. The third-order valence-corrected chi connectivity index (χ3v) is 17.0. The molecule has 2 rings (SSSR count). The number of carbonyl (C=O) groups is 1. The second kappa shape index (κ2) is 52.1. The van der Waals surface area contributed by atoms with Gasteiger partial charge in [0.2, 0.25) is 5.91 Å². The monoisotopic (exact) mass is 1140 g/mol. The summed E-state index contributed by atoms with van der Waals surface area (Å²) in [6.45, 7) is 2.86. The predicted molar refractivity (Wildman–Crippen MR) is 323 cm³/mol. The maximum absolute atomic E-state index is 13.3. The molecule has 12 atom stereocenters. The molecule has 0 bridgehead atoms. The average Bonchev–Trinajstić information content (AvgIpc) is 3.49. The minimum absolute atomic E-state index is 0.231. The van der Waals surface area contributed by atoms with Crippen molar-refractivity contribution < 1.29 is 64.6 Å². The van der Waals surface area contributed by atoms with Gasteiger partial charge >= 0.3 is 0 Å². The van der Waals surface area contributed by atoms with Crippen molar-refractivity contribution in [2.75, 3.05) is 19.8 Å². The maximum Gasteiger partial charge on any atom is 0.220 e. The molecule has 12 unspecified atom stereocenters. The molecule has 474 valence electrons. The standard InChI is InChI=1S/C66H127NO13/c1-3-5-7-9-11-13-15-17-19-21-23-25-26-27-28-30-32-34-36-38-40-42-44-46-48-50-58(71)67-54(55(70)49-47-45-43-41-39-37-35-33-31-29-24-22-20-18-16-14-12-10-8-6-4-2)53-77-65-63(76)61(74)64(57(52-69)79-65)80-66-62(75)60(73)59(72)56(51-68)78-66/h47,49,54-57,59-66,68-70,72-76H,3-46,48,50-53H2,1-2H3,(H,67,71)/b49-47+. The molecule has 2 fully saturated rings. The molecule has 9 N–H and O–H groups in total. The Hall–Kier alpha value is -1.27. The molecule has 1 amide bonds. The Bertz CT molecular complexity index is 1390. The first kappa shape index (κ1) is 74.8. The van der Waals surface area contributed by atoms with E-state index in [1.165, 1.54) is 244 Å². The number of nitrogens with one attached hydrogen (secondary N) is 1. The summed E-state index contributed by atoms with van der Waals surface area (Å²) in [6.07, 6.45) is 45.4. The van der Waals surface area contributed by atoms with E-state index in [0.717, 1.165) is 38.5 Å². The molecule has 2 aliphatic heterocycles. The molecule has 0 spiro atoms. The molecule has 80 heavy (non-hydrogen) atoms. The van der Waals surface area contributed by atoms with Crippen LogP contribution in [0.4, 0.5) is 0 Å². The lowest BCUT2D eigenvalue weighted by Crippen LogP contribution is -2.65. The molecule has 0 aromatic rings. The summed E-state index contributed by atoms with van der Waals surface area (Å²) in [6, 6.07) is -0.910. The molecule has 0 aromatic carbocycles. The third kappa shape index (κ3) is 36.5. The van der Waals surface area contributed by atoms with Gasteiger partial charge in [0, 0.05) is 6.42 Å². The zero-order chi connectivity index (χ0) is 58.1. The first-order valence-corrected chi connectivity index (χ1v) is 33.9. The van der Waals surface area contributed by atoms with E-state index in [1.54, 1.807) is 6.08 Å². The molecule has 14 nitrogen and oxygen atoms in total. The number of unbranched alkanes of at least 4 members (excludes halogenated alkanes) is 43. The highest BCUT2D eigenvalue weighted by molar-refractivity contribution is 5.76. The number of carbonyl (C=O) groups excluding carboxylic acids is 1. The third-order valence-electron chi connectivity index (χ3n) is 17.0. The van der Waals surface area contributed by atoms with E-state index in [4.69, 9.17) is 18.9 Å². The fraction of sp³-hybridized carbons (Fsp3) is 0.955. The van der Waals surface area contributed by atoms with Crippen LogP contribution < -0.4 is 5.32 Å². The van der Waals surface area contributed by atoms with Crippen LogP contribution in [0.3, 0.4) is 0 Å². The van der Waals surface area contributed by atoms with E-state index in [0.29, 0.717) is 6.42 Å². The summed E-state index contributed by atoms with van der Waals surface area (Å²) in [4.78, 5) is 13.3. The van der Waals surface area contributed by atoms with Crippen LogP contribution in [0, 0.1) is 0 Å². The fourth-order valence-corrected chi connectivity index (χ4v) is 11.5. The van der Waals surface area contributed by atoms with Gasteiger partial charge in [-0.25, -0.2) is 0 Å². The molecule has 0 aromatic heterocycles. The molecule has 2 heterocycles. The Kier molecular flexibility index (Phi) is 48.7. The Labute approximate surface area is 488 Å². The second-order valence-corrected chi connectivity index (χ2v) is 24.3. The number of aliphatic hydroxyl groups excluding tert-OH is 8. The number of rotatable bonds is 56. The number of aliphatic hydroxyl groups is 8. The van der Waals surface area contributed by atoms with Crippen molar-refractivity contribution in [1.82, 2.24) is 5.32 Å². The van der Waals surface area contributed by atoms with Gasteiger partial charge in [-0.05, 0) is 19.3 Å². The van der Waals surface area contributed by atoms with Gasteiger partial charge in [0.1, 0.15) is 48.8 Å². The van der Waals surface area contributed by atoms with Gasteiger partial charge in [-0.1, -0.05) is 296 Å². The van der Waals surface area contributed by atoms with Crippen molar-refractivity contribution in [1.29, 1.82) is 0 Å². The maximum atomic E-state index is 13.3. The normalized spacial score (nSPS) is 24.2. The molecule has 0 aliphatic carbocycles. The van der Waals surface area contributed by atoms with Gasteiger partial charge in [0.15, 0.2) is 12.6 Å². The van der Waals surface area contributed by atoms with Crippen molar-refractivity contribution >= 4 is 5.91 Å². The van der Waals surface area contributed by atoms with Gasteiger partial charge in [0.05, 0.1) is 32.0 Å². The summed E-state index contributed by atoms with van der Waals surface area (Å²) in [5.74, 6) is -0.231. The Morgan fingerprint density at radius 3 is 1.15 bits per heavy atom. The van der Waals surface area contributed by atoms with Gasteiger partial charge < -0.3 is 65.1 Å². The summed E-state index contributed by atoms with van der Waals surface area (Å²) >= 11 is 0. The zero-order valence-electron chi connectivity index (χ0n) is 51.4. The molecule has 0 radical (unpaired) electrons. The first-order chi connectivity index (χ1) is 39.1. The van der Waals surface area contributed by atoms with Crippen molar-refractivity contribution in [3.63, 3.8) is 0 Å². The van der Waals surface area contributed by atoms with Crippen LogP contribution >= 0.6 is 0 Å². The van der Waals surface area contributed by atoms with Gasteiger partial charge in [0.25, 0.3) is 0 Å². The molecule has 2 saturated heterocycles. The number of amides is 1. The van der Waals surface area contributed by atoms with Crippen LogP contribution in [0.1, 0.15) is 309 Å². The number of ether oxygens (including phenoxy) is 4. The number of allylic oxidation sites excluding steroid dienone is 1. The van der Waals surface area contributed by atoms with E-state index in [9.17, 15) is 45.6 Å². The Balaban J connectivity index is 1.70. The predicted octanol–water partition coefficient (Wildman–Crippen LogP) is 13.0. The number of hydrogen-bond donors (Lipinski definition) is 9. The summed E-state index contributed by atoms with van der Waals surface area (Å²) in [7, 11) is 0. The first-order valence-electron chi connectivity index (χ1n) is 33.9. The average molecular weight is 1140 g/mol. The van der Waals surface area contributed by atoms with Crippen LogP contribution in [0.5, 0.6) is 0 Å². The number of hydrogen-bond acceptors (Lipinski definition) is 13. The van der Waals surface area contributed by atoms with Crippen LogP contribution in [-0.2, 0) is 23.7 Å². The molecular formula is C66H127NO13. The lowest BCUT2D eigenvalue weighted by atomic mass is 9.97. The van der Waals surface area contributed by atoms with E-state index < -0.39 is 86.8 Å². The van der Waals surface area contributed by atoms with Crippen molar-refractivity contribution in [2.24, 2.45) is 0 Å². The fourth-order valence-electron chi connectivity index (χ4n) is 11.5. The van der Waals surface area contributed by atoms with Crippen molar-refractivity contribution in [3.8, 4) is 0 Å². The summed E-state index contributed by atoms with van der Waals surface area (Å²) < 4.78 is 22.8. The molecular weight excluding hydrogens is 1010 g/mol. The van der Waals surface area contributed by atoms with Crippen LogP contribution in [-0.4, -0.2) is 140 Å². The van der Waals surface area contributed by atoms with E-state index in [-0.39, 0.29) is 18.9 Å². The van der Waals surface area contributed by atoms with Crippen molar-refractivity contribution in [2.45, 2.75) is 383 Å². The van der Waals surface area contributed by atoms with Crippen LogP contribution in [0.25, 0.3) is 0 Å². The van der Waals surface area contributed by atoms with Gasteiger partial charge in [-0.3, -0.25) is 4.79 Å². The second-order valence-electron chi connectivity index (χ2n) is 24.3. The van der Waals surface area contributed by atoms with E-state index in [1.807, 2.05) is 6.08 Å². The zero-order valence-corrected chi connectivity index (χ0v) is 51.4. The quantitative estimate of drug-likeness (QED) is 0.0204.